The van der Waals surface area contributed by atoms with E-state index in [4.69, 9.17) is 14.2 Å². The molecule has 1 saturated heterocycles. The van der Waals surface area contributed by atoms with E-state index in [2.05, 4.69) is 5.32 Å². The predicted octanol–water partition coefficient (Wildman–Crippen LogP) is 2.23. The van der Waals surface area contributed by atoms with E-state index in [9.17, 15) is 9.59 Å². The molecule has 1 fully saturated rings. The van der Waals surface area contributed by atoms with Gasteiger partial charge in [0.2, 0.25) is 18.6 Å². The van der Waals surface area contributed by atoms with E-state index in [1.54, 1.807) is 24.1 Å². The summed E-state index contributed by atoms with van der Waals surface area (Å²) in [5, 5.41) is 2.93. The summed E-state index contributed by atoms with van der Waals surface area (Å²) in [6.07, 6.45) is 0.201. The summed E-state index contributed by atoms with van der Waals surface area (Å²) in [6.45, 7) is 1.54. The number of benzene rings is 2. The Kier molecular flexibility index (Phi) is 5.16. The van der Waals surface area contributed by atoms with Crippen LogP contribution >= 0.6 is 0 Å². The molecule has 7 heteroatoms. The maximum absolute atomic E-state index is 12.5. The smallest absolute Gasteiger partial charge is 0.231 e. The summed E-state index contributed by atoms with van der Waals surface area (Å²) in [5.74, 6) is 0.738. The van der Waals surface area contributed by atoms with Gasteiger partial charge in [-0.1, -0.05) is 24.3 Å². The monoisotopic (exact) mass is 382 g/mol. The second-order valence-electron chi connectivity index (χ2n) is 6.91. The molecular weight excluding hydrogens is 360 g/mol. The summed E-state index contributed by atoms with van der Waals surface area (Å²) in [4.78, 5) is 26.6. The molecule has 1 atom stereocenters. The van der Waals surface area contributed by atoms with E-state index in [1.807, 2.05) is 30.3 Å². The van der Waals surface area contributed by atoms with Crippen molar-refractivity contribution >= 4 is 17.5 Å². The molecule has 0 saturated carbocycles. The molecule has 0 aromatic heterocycles. The number of amides is 2. The molecular formula is C21H22N2O5. The van der Waals surface area contributed by atoms with Gasteiger partial charge >= 0.3 is 0 Å². The van der Waals surface area contributed by atoms with Gasteiger partial charge in [-0.05, 0) is 23.3 Å². The first-order chi connectivity index (χ1) is 13.6. The van der Waals surface area contributed by atoms with Crippen LogP contribution in [-0.2, 0) is 27.5 Å². The maximum Gasteiger partial charge on any atom is 0.231 e. The Bertz CT molecular complexity index is 881. The van der Waals surface area contributed by atoms with Crippen LogP contribution in [0.5, 0.6) is 11.5 Å². The van der Waals surface area contributed by atoms with Crippen molar-refractivity contribution in [2.24, 2.45) is 5.92 Å². The van der Waals surface area contributed by atoms with Crippen LogP contribution in [0.4, 0.5) is 5.69 Å². The molecule has 7 nitrogen and oxygen atoms in total. The summed E-state index contributed by atoms with van der Waals surface area (Å²) in [5.41, 5.74) is 2.81. The van der Waals surface area contributed by atoms with Crippen LogP contribution in [-0.4, -0.2) is 32.3 Å². The predicted molar refractivity (Wildman–Crippen MR) is 102 cm³/mol. The number of hydrogen-bond donors (Lipinski definition) is 1. The van der Waals surface area contributed by atoms with E-state index in [1.165, 1.54) is 0 Å². The summed E-state index contributed by atoms with van der Waals surface area (Å²) < 4.78 is 15.8. The van der Waals surface area contributed by atoms with Crippen LogP contribution < -0.4 is 19.7 Å². The molecule has 4 rings (SSSR count). The number of carbonyl (C=O) groups excluding carboxylic acids is 2. The largest absolute Gasteiger partial charge is 0.454 e. The molecule has 2 aliphatic heterocycles. The number of nitrogens with zero attached hydrogens (tertiary/aromatic N) is 1. The SMILES string of the molecule is COCc1ccc(CNC(=O)C2CC(=O)N(c3ccc4c(c3)OCO4)C2)cc1. The first kappa shape index (κ1) is 18.3. The zero-order valence-corrected chi connectivity index (χ0v) is 15.6. The third kappa shape index (κ3) is 3.80. The second-order valence-corrected chi connectivity index (χ2v) is 6.91. The number of carbonyl (C=O) groups is 2. The Balaban J connectivity index is 1.35. The Hall–Kier alpha value is -3.06. The summed E-state index contributed by atoms with van der Waals surface area (Å²) in [7, 11) is 1.66. The number of nitrogens with one attached hydrogen (secondary N) is 1. The van der Waals surface area contributed by atoms with Crippen molar-refractivity contribution < 1.29 is 23.8 Å². The third-order valence-electron chi connectivity index (χ3n) is 4.96. The van der Waals surface area contributed by atoms with E-state index >= 15 is 0 Å². The summed E-state index contributed by atoms with van der Waals surface area (Å²) in [6, 6.07) is 13.3. The Morgan fingerprint density at radius 2 is 1.89 bits per heavy atom. The number of rotatable bonds is 6. The van der Waals surface area contributed by atoms with E-state index < -0.39 is 0 Å². The lowest BCUT2D eigenvalue weighted by atomic mass is 10.1. The van der Waals surface area contributed by atoms with Gasteiger partial charge in [-0.15, -0.1) is 0 Å². The number of methoxy groups -OCH3 is 1. The van der Waals surface area contributed by atoms with Crippen LogP contribution in [0, 0.1) is 5.92 Å². The highest BCUT2D eigenvalue weighted by atomic mass is 16.7. The fourth-order valence-corrected chi connectivity index (χ4v) is 3.44. The van der Waals surface area contributed by atoms with Gasteiger partial charge < -0.3 is 24.4 Å². The minimum atomic E-state index is -0.370. The van der Waals surface area contributed by atoms with Crippen molar-refractivity contribution in [1.29, 1.82) is 0 Å². The molecule has 0 aliphatic carbocycles. The van der Waals surface area contributed by atoms with Crippen LogP contribution in [0.2, 0.25) is 0 Å². The van der Waals surface area contributed by atoms with E-state index in [-0.39, 0.29) is 30.9 Å². The fraction of sp³-hybridized carbons (Fsp3) is 0.333. The van der Waals surface area contributed by atoms with Gasteiger partial charge in [0.1, 0.15) is 0 Å². The second kappa shape index (κ2) is 7.90. The lowest BCUT2D eigenvalue weighted by Crippen LogP contribution is -2.32. The van der Waals surface area contributed by atoms with Crippen LogP contribution in [0.3, 0.4) is 0 Å². The van der Waals surface area contributed by atoms with Gasteiger partial charge in [-0.2, -0.15) is 0 Å². The van der Waals surface area contributed by atoms with Crippen molar-refractivity contribution in [2.75, 3.05) is 25.3 Å². The lowest BCUT2D eigenvalue weighted by molar-refractivity contribution is -0.126. The normalized spacial score (nSPS) is 17.8. The summed E-state index contributed by atoms with van der Waals surface area (Å²) >= 11 is 0. The minimum absolute atomic E-state index is 0.0667. The molecule has 2 aromatic rings. The van der Waals surface area contributed by atoms with Gasteiger partial charge in [0, 0.05) is 38.4 Å². The molecule has 146 valence electrons. The van der Waals surface area contributed by atoms with Gasteiger partial charge in [0.05, 0.1) is 12.5 Å². The maximum atomic E-state index is 12.5. The molecule has 2 amide bonds. The average molecular weight is 382 g/mol. The Morgan fingerprint density at radius 1 is 1.14 bits per heavy atom. The standard InChI is InChI=1S/C21H22N2O5/c1-26-12-15-4-2-14(3-5-15)10-22-21(25)16-8-20(24)23(11-16)17-6-7-18-19(9-17)28-13-27-18/h2-7,9,16H,8,10-13H2,1H3,(H,22,25). The first-order valence-electron chi connectivity index (χ1n) is 9.18. The highest BCUT2D eigenvalue weighted by molar-refractivity contribution is 6.00. The number of ether oxygens (including phenoxy) is 3. The molecule has 1 N–H and O–H groups in total. The van der Waals surface area contributed by atoms with Gasteiger partial charge in [0.15, 0.2) is 11.5 Å². The van der Waals surface area contributed by atoms with Crippen LogP contribution in [0.1, 0.15) is 17.5 Å². The molecule has 0 bridgehead atoms. The van der Waals surface area contributed by atoms with Gasteiger partial charge in [-0.3, -0.25) is 9.59 Å². The highest BCUT2D eigenvalue weighted by Crippen LogP contribution is 2.37. The highest BCUT2D eigenvalue weighted by Gasteiger charge is 2.35. The molecule has 2 heterocycles. The molecule has 2 aromatic carbocycles. The van der Waals surface area contributed by atoms with Crippen molar-refractivity contribution in [3.05, 3.63) is 53.6 Å². The lowest BCUT2D eigenvalue weighted by Gasteiger charge is -2.17. The van der Waals surface area contributed by atoms with Crippen molar-refractivity contribution in [2.45, 2.75) is 19.6 Å². The minimum Gasteiger partial charge on any atom is -0.454 e. The van der Waals surface area contributed by atoms with Gasteiger partial charge in [-0.25, -0.2) is 0 Å². The van der Waals surface area contributed by atoms with Crippen LogP contribution in [0.25, 0.3) is 0 Å². The number of hydrogen-bond acceptors (Lipinski definition) is 5. The van der Waals surface area contributed by atoms with Crippen molar-refractivity contribution in [3.63, 3.8) is 0 Å². The molecule has 0 spiro atoms. The zero-order valence-electron chi connectivity index (χ0n) is 15.6. The van der Waals surface area contributed by atoms with E-state index in [0.29, 0.717) is 31.2 Å². The van der Waals surface area contributed by atoms with Crippen molar-refractivity contribution in [3.8, 4) is 11.5 Å². The third-order valence-corrected chi connectivity index (χ3v) is 4.96. The van der Waals surface area contributed by atoms with Crippen LogP contribution in [0.15, 0.2) is 42.5 Å². The topological polar surface area (TPSA) is 77.1 Å². The zero-order chi connectivity index (χ0) is 19.5. The number of anilines is 1. The quantitative estimate of drug-likeness (QED) is 0.829. The number of fused-ring (bicyclic) bond motifs is 1. The van der Waals surface area contributed by atoms with E-state index in [0.717, 1.165) is 16.8 Å². The molecule has 28 heavy (non-hydrogen) atoms. The van der Waals surface area contributed by atoms with Gasteiger partial charge in [0.25, 0.3) is 0 Å². The average Bonchev–Trinajstić information content (AvgIpc) is 3.33. The first-order valence-corrected chi connectivity index (χ1v) is 9.18. The molecule has 0 radical (unpaired) electrons. The fourth-order valence-electron chi connectivity index (χ4n) is 3.44. The Labute approximate surface area is 163 Å². The Morgan fingerprint density at radius 3 is 2.68 bits per heavy atom. The van der Waals surface area contributed by atoms with Crippen molar-refractivity contribution in [1.82, 2.24) is 5.32 Å². The molecule has 2 aliphatic rings. The molecule has 1 unspecified atom stereocenters.